The van der Waals surface area contributed by atoms with Gasteiger partial charge in [0.25, 0.3) is 0 Å². The predicted molar refractivity (Wildman–Crippen MR) is 76.7 cm³/mol. The van der Waals surface area contributed by atoms with Crippen molar-refractivity contribution in [1.82, 2.24) is 15.1 Å². The maximum Gasteiger partial charge on any atom is 0.130 e. The van der Waals surface area contributed by atoms with Crippen LogP contribution in [0, 0.1) is 11.6 Å². The average molecular weight is 283 g/mol. The molecule has 1 aliphatic heterocycles. The molecule has 5 heteroatoms. The molecule has 0 radical (unpaired) electrons. The number of nitrogens with one attached hydrogen (secondary N) is 1. The van der Waals surface area contributed by atoms with E-state index in [0.717, 1.165) is 45.3 Å². The third-order valence-electron chi connectivity index (χ3n) is 4.05. The molecule has 0 spiro atoms. The van der Waals surface area contributed by atoms with Crippen LogP contribution in [0.4, 0.5) is 8.78 Å². The Morgan fingerprint density at radius 2 is 2.00 bits per heavy atom. The second kappa shape index (κ2) is 7.11. The van der Waals surface area contributed by atoms with Crippen LogP contribution in [0.1, 0.15) is 18.5 Å². The molecule has 1 unspecified atom stereocenters. The summed E-state index contributed by atoms with van der Waals surface area (Å²) < 4.78 is 26.7. The van der Waals surface area contributed by atoms with Crippen molar-refractivity contribution in [3.8, 4) is 0 Å². The van der Waals surface area contributed by atoms with E-state index in [1.54, 1.807) is 0 Å². The first kappa shape index (κ1) is 15.4. The van der Waals surface area contributed by atoms with Crippen molar-refractivity contribution in [2.45, 2.75) is 13.0 Å². The Hall–Kier alpha value is -1.04. The van der Waals surface area contributed by atoms with Crippen molar-refractivity contribution >= 4 is 0 Å². The molecule has 1 aliphatic rings. The van der Waals surface area contributed by atoms with E-state index in [1.807, 2.05) is 14.0 Å². The summed E-state index contributed by atoms with van der Waals surface area (Å²) in [6, 6.07) is 3.75. The second-order valence-electron chi connectivity index (χ2n) is 5.41. The van der Waals surface area contributed by atoms with Gasteiger partial charge in [-0.25, -0.2) is 8.78 Å². The minimum absolute atomic E-state index is 0.0569. The van der Waals surface area contributed by atoms with Crippen molar-refractivity contribution in [3.63, 3.8) is 0 Å². The number of halogens is 2. The molecule has 1 saturated heterocycles. The molecule has 0 saturated carbocycles. The Balaban J connectivity index is 1.89. The zero-order chi connectivity index (χ0) is 14.5. The van der Waals surface area contributed by atoms with Gasteiger partial charge in [-0.05, 0) is 20.0 Å². The van der Waals surface area contributed by atoms with Gasteiger partial charge in [0.1, 0.15) is 11.6 Å². The Morgan fingerprint density at radius 1 is 1.30 bits per heavy atom. The molecule has 0 aliphatic carbocycles. The summed E-state index contributed by atoms with van der Waals surface area (Å²) in [5.74, 6) is -0.992. The van der Waals surface area contributed by atoms with Crippen LogP contribution in [0.2, 0.25) is 0 Å². The lowest BCUT2D eigenvalue weighted by atomic mass is 10.1. The van der Waals surface area contributed by atoms with E-state index in [-0.39, 0.29) is 6.04 Å². The van der Waals surface area contributed by atoms with Gasteiger partial charge >= 0.3 is 0 Å². The first-order chi connectivity index (χ1) is 9.58. The molecule has 2 rings (SSSR count). The lowest BCUT2D eigenvalue weighted by Gasteiger charge is -2.31. The van der Waals surface area contributed by atoms with Crippen LogP contribution in [-0.4, -0.2) is 56.1 Å². The maximum absolute atomic E-state index is 13.8. The Bertz CT molecular complexity index is 433. The van der Waals surface area contributed by atoms with E-state index < -0.39 is 11.6 Å². The van der Waals surface area contributed by atoms with Crippen LogP contribution in [-0.2, 0) is 0 Å². The Morgan fingerprint density at radius 3 is 2.65 bits per heavy atom. The molecule has 0 amide bonds. The third-order valence-corrected chi connectivity index (χ3v) is 4.05. The van der Waals surface area contributed by atoms with Crippen molar-refractivity contribution < 1.29 is 8.78 Å². The van der Waals surface area contributed by atoms with Gasteiger partial charge in [0, 0.05) is 56.9 Å². The number of likely N-dealkylation sites (N-methyl/N-ethyl adjacent to an activating group) is 1. The van der Waals surface area contributed by atoms with E-state index >= 15 is 0 Å². The molecule has 1 N–H and O–H groups in total. The summed E-state index contributed by atoms with van der Waals surface area (Å²) in [6.07, 6.45) is 0. The highest BCUT2D eigenvalue weighted by molar-refractivity contribution is 5.21. The highest BCUT2D eigenvalue weighted by Gasteiger charge is 2.17. The summed E-state index contributed by atoms with van der Waals surface area (Å²) in [5.41, 5.74) is 0.550. The zero-order valence-corrected chi connectivity index (χ0v) is 12.2. The van der Waals surface area contributed by atoms with E-state index in [9.17, 15) is 8.78 Å². The van der Waals surface area contributed by atoms with E-state index in [2.05, 4.69) is 15.1 Å². The van der Waals surface area contributed by atoms with Gasteiger partial charge in [0.2, 0.25) is 0 Å². The molecule has 3 nitrogen and oxygen atoms in total. The molecule has 1 fully saturated rings. The molecule has 1 atom stereocenters. The van der Waals surface area contributed by atoms with E-state index in [4.69, 9.17) is 0 Å². The van der Waals surface area contributed by atoms with Gasteiger partial charge in [-0.15, -0.1) is 0 Å². The lowest BCUT2D eigenvalue weighted by molar-refractivity contribution is 0.181. The van der Waals surface area contributed by atoms with Crippen LogP contribution in [0.25, 0.3) is 0 Å². The molecule has 112 valence electrons. The van der Waals surface area contributed by atoms with Gasteiger partial charge in [-0.1, -0.05) is 6.07 Å². The first-order valence-electron chi connectivity index (χ1n) is 7.16. The topological polar surface area (TPSA) is 18.5 Å². The molecule has 1 aromatic rings. The third kappa shape index (κ3) is 3.98. The summed E-state index contributed by atoms with van der Waals surface area (Å²) in [6.45, 7) is 8.00. The minimum Gasteiger partial charge on any atom is -0.314 e. The summed E-state index contributed by atoms with van der Waals surface area (Å²) in [7, 11) is 1.98. The van der Waals surface area contributed by atoms with Crippen molar-refractivity contribution in [1.29, 1.82) is 0 Å². The zero-order valence-electron chi connectivity index (χ0n) is 12.2. The summed E-state index contributed by atoms with van der Waals surface area (Å²) in [4.78, 5) is 4.51. The SMILES string of the molecule is CC(c1ccc(F)cc1F)N(C)CCN1CCNCC1. The number of benzene rings is 1. The normalized spacial score (nSPS) is 18.4. The van der Waals surface area contributed by atoms with Gasteiger partial charge < -0.3 is 5.32 Å². The highest BCUT2D eigenvalue weighted by Crippen LogP contribution is 2.22. The van der Waals surface area contributed by atoms with E-state index in [0.29, 0.717) is 5.56 Å². The van der Waals surface area contributed by atoms with Crippen LogP contribution < -0.4 is 5.32 Å². The van der Waals surface area contributed by atoms with Gasteiger partial charge in [0.05, 0.1) is 0 Å². The molecule has 0 bridgehead atoms. The first-order valence-corrected chi connectivity index (χ1v) is 7.16. The van der Waals surface area contributed by atoms with Crippen LogP contribution in [0.3, 0.4) is 0 Å². The van der Waals surface area contributed by atoms with Crippen molar-refractivity contribution in [2.75, 3.05) is 46.3 Å². The predicted octanol–water partition coefficient (Wildman–Crippen LogP) is 1.86. The monoisotopic (exact) mass is 283 g/mol. The lowest BCUT2D eigenvalue weighted by Crippen LogP contribution is -2.46. The fraction of sp³-hybridized carbons (Fsp3) is 0.600. The summed E-state index contributed by atoms with van der Waals surface area (Å²) >= 11 is 0. The number of nitrogens with zero attached hydrogens (tertiary/aromatic N) is 2. The fourth-order valence-corrected chi connectivity index (χ4v) is 2.51. The average Bonchev–Trinajstić information content (AvgIpc) is 2.45. The van der Waals surface area contributed by atoms with Gasteiger partial charge in [-0.2, -0.15) is 0 Å². The Labute approximate surface area is 119 Å². The fourth-order valence-electron chi connectivity index (χ4n) is 2.51. The van der Waals surface area contributed by atoms with Crippen molar-refractivity contribution in [3.05, 3.63) is 35.4 Å². The standard InChI is InChI=1S/C15H23F2N3/c1-12(14-4-3-13(16)11-15(14)17)19(2)9-10-20-7-5-18-6-8-20/h3-4,11-12,18H,5-10H2,1-2H3. The minimum atomic E-state index is -0.526. The van der Waals surface area contributed by atoms with Crippen LogP contribution in [0.15, 0.2) is 18.2 Å². The molecular formula is C15H23F2N3. The van der Waals surface area contributed by atoms with E-state index in [1.165, 1.54) is 12.1 Å². The quantitative estimate of drug-likeness (QED) is 0.890. The van der Waals surface area contributed by atoms with Crippen LogP contribution in [0.5, 0.6) is 0 Å². The Kier molecular flexibility index (Phi) is 5.46. The van der Waals surface area contributed by atoms with Crippen molar-refractivity contribution in [2.24, 2.45) is 0 Å². The van der Waals surface area contributed by atoms with Gasteiger partial charge in [0.15, 0.2) is 0 Å². The number of rotatable bonds is 5. The number of piperazine rings is 1. The maximum atomic E-state index is 13.8. The molecule has 1 heterocycles. The number of hydrogen-bond donors (Lipinski definition) is 1. The molecular weight excluding hydrogens is 260 g/mol. The summed E-state index contributed by atoms with van der Waals surface area (Å²) in [5, 5.41) is 3.32. The second-order valence-corrected chi connectivity index (χ2v) is 5.41. The molecule has 1 aromatic carbocycles. The smallest absolute Gasteiger partial charge is 0.130 e. The van der Waals surface area contributed by atoms with Gasteiger partial charge in [-0.3, -0.25) is 9.80 Å². The number of hydrogen-bond acceptors (Lipinski definition) is 3. The van der Waals surface area contributed by atoms with Crippen LogP contribution >= 0.6 is 0 Å². The molecule has 0 aromatic heterocycles. The highest BCUT2D eigenvalue weighted by atomic mass is 19.1. The largest absolute Gasteiger partial charge is 0.314 e. The molecule has 20 heavy (non-hydrogen) atoms.